The van der Waals surface area contributed by atoms with Crippen LogP contribution in [0, 0.1) is 0 Å². The van der Waals surface area contributed by atoms with E-state index in [4.69, 9.17) is 4.52 Å². The van der Waals surface area contributed by atoms with Gasteiger partial charge in [-0.05, 0) is 12.8 Å². The molecule has 10 heavy (non-hydrogen) atoms. The lowest BCUT2D eigenvalue weighted by molar-refractivity contribution is 0.329. The average molecular weight is 162 g/mol. The largest absolute Gasteiger partial charge is 0.330 e. The van der Waals surface area contributed by atoms with Crippen LogP contribution in [0.3, 0.4) is 0 Å². The summed E-state index contributed by atoms with van der Waals surface area (Å²) in [4.78, 5) is 0. The molecule has 2 nitrogen and oxygen atoms in total. The molecule has 0 bridgehead atoms. The van der Waals surface area contributed by atoms with E-state index in [-0.39, 0.29) is 0 Å². The Kier molecular flexibility index (Phi) is 6.99. The summed E-state index contributed by atoms with van der Waals surface area (Å²) in [6, 6.07) is 0. The first-order chi connectivity index (χ1) is 4.81. The number of hydrogen-bond donors (Lipinski definition) is 0. The molecule has 0 aromatic carbocycles. The predicted molar refractivity (Wildman–Crippen MR) is 44.9 cm³/mol. The van der Waals surface area contributed by atoms with Crippen molar-refractivity contribution in [1.82, 2.24) is 0 Å². The molecule has 0 spiro atoms. The van der Waals surface area contributed by atoms with Crippen molar-refractivity contribution in [2.45, 2.75) is 19.8 Å². The Bertz CT molecular complexity index is 112. The highest BCUT2D eigenvalue weighted by atomic mass is 31.1. The van der Waals surface area contributed by atoms with Gasteiger partial charge in [-0.2, -0.15) is 0 Å². The summed E-state index contributed by atoms with van der Waals surface area (Å²) in [7, 11) is -1.74. The molecule has 0 amide bonds. The first kappa shape index (κ1) is 9.93. The fourth-order valence-electron chi connectivity index (χ4n) is 0.508. The molecule has 60 valence electrons. The van der Waals surface area contributed by atoms with E-state index in [1.165, 1.54) is 0 Å². The van der Waals surface area contributed by atoms with E-state index in [0.717, 1.165) is 12.8 Å². The van der Waals surface area contributed by atoms with Gasteiger partial charge in [-0.25, -0.2) is 0 Å². The van der Waals surface area contributed by atoms with Crippen molar-refractivity contribution in [3.05, 3.63) is 12.7 Å². The van der Waals surface area contributed by atoms with Crippen LogP contribution in [0.5, 0.6) is 0 Å². The maximum absolute atomic E-state index is 10.9. The van der Waals surface area contributed by atoms with Crippen LogP contribution in [-0.4, -0.2) is 12.8 Å². The second-order valence-corrected chi connectivity index (χ2v) is 3.58. The van der Waals surface area contributed by atoms with E-state index in [9.17, 15) is 4.57 Å². The molecular formula is C7H15O2P. The average Bonchev–Trinajstić information content (AvgIpc) is 1.97. The Morgan fingerprint density at radius 2 is 2.40 bits per heavy atom. The normalized spacial score (nSPS) is 12.9. The molecule has 0 radical (unpaired) electrons. The summed E-state index contributed by atoms with van der Waals surface area (Å²) in [6.07, 6.45) is 4.14. The van der Waals surface area contributed by atoms with Crippen molar-refractivity contribution >= 4 is 8.03 Å². The molecular weight excluding hydrogens is 147 g/mol. The van der Waals surface area contributed by atoms with Gasteiger partial charge in [-0.3, -0.25) is 4.57 Å². The van der Waals surface area contributed by atoms with Crippen molar-refractivity contribution in [1.29, 1.82) is 0 Å². The number of allylic oxidation sites excluding steroid dienone is 1. The maximum atomic E-state index is 10.9. The van der Waals surface area contributed by atoms with Crippen molar-refractivity contribution in [2.75, 3.05) is 12.8 Å². The summed E-state index contributed by atoms with van der Waals surface area (Å²) in [5, 5.41) is 0. The summed E-state index contributed by atoms with van der Waals surface area (Å²) < 4.78 is 15.9. The fourth-order valence-corrected chi connectivity index (χ4v) is 1.52. The lowest BCUT2D eigenvalue weighted by Gasteiger charge is -1.99. The second kappa shape index (κ2) is 7.04. The van der Waals surface area contributed by atoms with Gasteiger partial charge >= 0.3 is 0 Å². The molecule has 0 saturated heterocycles. The van der Waals surface area contributed by atoms with Crippen LogP contribution < -0.4 is 0 Å². The lowest BCUT2D eigenvalue weighted by atomic mass is 10.5. The Balaban J connectivity index is 3.16. The zero-order valence-corrected chi connectivity index (χ0v) is 7.43. The van der Waals surface area contributed by atoms with Crippen molar-refractivity contribution in [3.8, 4) is 0 Å². The highest BCUT2D eigenvalue weighted by Crippen LogP contribution is 2.22. The monoisotopic (exact) mass is 162 g/mol. The molecule has 0 aromatic heterocycles. The van der Waals surface area contributed by atoms with Gasteiger partial charge in [0.1, 0.15) is 0 Å². The third-order valence-electron chi connectivity index (χ3n) is 1.02. The lowest BCUT2D eigenvalue weighted by Crippen LogP contribution is -1.84. The van der Waals surface area contributed by atoms with E-state index in [1.54, 1.807) is 6.08 Å². The number of rotatable bonds is 6. The maximum Gasteiger partial charge on any atom is 0.191 e. The van der Waals surface area contributed by atoms with Crippen molar-refractivity contribution in [3.63, 3.8) is 0 Å². The molecule has 0 N–H and O–H groups in total. The molecule has 0 aliphatic heterocycles. The van der Waals surface area contributed by atoms with Gasteiger partial charge in [0.2, 0.25) is 0 Å². The molecule has 0 saturated carbocycles. The van der Waals surface area contributed by atoms with E-state index in [1.807, 2.05) is 6.92 Å². The number of hydrogen-bond acceptors (Lipinski definition) is 2. The van der Waals surface area contributed by atoms with Crippen LogP contribution >= 0.6 is 8.03 Å². The van der Waals surface area contributed by atoms with Crippen LogP contribution in [0.2, 0.25) is 0 Å². The first-order valence-electron chi connectivity index (χ1n) is 3.57. The van der Waals surface area contributed by atoms with Gasteiger partial charge in [0.05, 0.1) is 6.61 Å². The minimum Gasteiger partial charge on any atom is -0.330 e. The molecule has 1 atom stereocenters. The van der Waals surface area contributed by atoms with Crippen LogP contribution in [-0.2, 0) is 9.09 Å². The molecule has 0 rings (SSSR count). The van der Waals surface area contributed by atoms with Crippen LogP contribution in [0.25, 0.3) is 0 Å². The van der Waals surface area contributed by atoms with Crippen LogP contribution in [0.15, 0.2) is 12.7 Å². The Labute approximate surface area is 63.1 Å². The van der Waals surface area contributed by atoms with Crippen molar-refractivity contribution < 1.29 is 9.09 Å². The summed E-state index contributed by atoms with van der Waals surface area (Å²) in [5.41, 5.74) is 0. The molecule has 0 heterocycles. The molecule has 0 aliphatic rings. The van der Waals surface area contributed by atoms with E-state index >= 15 is 0 Å². The SMILES string of the molecule is C=CCC[PH](=O)OCCC. The highest BCUT2D eigenvalue weighted by Gasteiger charge is 1.94. The predicted octanol–water partition coefficient (Wildman–Crippen LogP) is 2.46. The second-order valence-electron chi connectivity index (χ2n) is 2.05. The summed E-state index contributed by atoms with van der Waals surface area (Å²) >= 11 is 0. The van der Waals surface area contributed by atoms with E-state index < -0.39 is 8.03 Å². The molecule has 0 fully saturated rings. The van der Waals surface area contributed by atoms with Crippen LogP contribution in [0.1, 0.15) is 19.8 Å². The van der Waals surface area contributed by atoms with E-state index in [0.29, 0.717) is 12.8 Å². The third kappa shape index (κ3) is 6.06. The quantitative estimate of drug-likeness (QED) is 0.443. The minimum absolute atomic E-state index is 0.620. The minimum atomic E-state index is -1.74. The van der Waals surface area contributed by atoms with Crippen molar-refractivity contribution in [2.24, 2.45) is 0 Å². The van der Waals surface area contributed by atoms with Crippen LogP contribution in [0.4, 0.5) is 0 Å². The molecule has 0 aliphatic carbocycles. The van der Waals surface area contributed by atoms with Gasteiger partial charge in [-0.15, -0.1) is 6.58 Å². The molecule has 0 aromatic rings. The standard InChI is InChI=1S/C7H15O2P/c1-3-5-7-10(8)9-6-4-2/h3,10H,1,4-7H2,2H3. The smallest absolute Gasteiger partial charge is 0.191 e. The molecule has 1 unspecified atom stereocenters. The van der Waals surface area contributed by atoms with Gasteiger partial charge in [0.15, 0.2) is 8.03 Å². The zero-order valence-electron chi connectivity index (χ0n) is 6.43. The van der Waals surface area contributed by atoms with Gasteiger partial charge in [-0.1, -0.05) is 13.0 Å². The Morgan fingerprint density at radius 1 is 1.70 bits per heavy atom. The third-order valence-corrected chi connectivity index (χ3v) is 2.24. The van der Waals surface area contributed by atoms with Gasteiger partial charge < -0.3 is 4.52 Å². The fraction of sp³-hybridized carbons (Fsp3) is 0.714. The Morgan fingerprint density at radius 3 is 2.90 bits per heavy atom. The topological polar surface area (TPSA) is 26.3 Å². The first-order valence-corrected chi connectivity index (χ1v) is 5.10. The molecule has 3 heteroatoms. The van der Waals surface area contributed by atoms with Gasteiger partial charge in [0.25, 0.3) is 0 Å². The Hall–Kier alpha value is -0.0700. The van der Waals surface area contributed by atoms with E-state index in [2.05, 4.69) is 6.58 Å². The zero-order chi connectivity index (χ0) is 7.82. The van der Waals surface area contributed by atoms with Gasteiger partial charge in [0, 0.05) is 6.16 Å². The highest BCUT2D eigenvalue weighted by molar-refractivity contribution is 7.39. The summed E-state index contributed by atoms with van der Waals surface area (Å²) in [6.45, 7) is 6.16. The summed E-state index contributed by atoms with van der Waals surface area (Å²) in [5.74, 6) is 0.